The molecule has 2 aliphatic rings. The van der Waals surface area contributed by atoms with Crippen molar-refractivity contribution >= 4 is 0 Å². The van der Waals surface area contributed by atoms with E-state index in [2.05, 4.69) is 6.92 Å². The Morgan fingerprint density at radius 3 is 2.33 bits per heavy atom. The molecule has 1 aliphatic carbocycles. The fourth-order valence-electron chi connectivity index (χ4n) is 3.98. The van der Waals surface area contributed by atoms with Gasteiger partial charge in [-0.15, -0.1) is 0 Å². The molecule has 1 heterocycles. The average Bonchev–Trinajstić information content (AvgIpc) is 2.63. The van der Waals surface area contributed by atoms with Crippen LogP contribution in [0.4, 0.5) is 8.78 Å². The first-order valence-electron chi connectivity index (χ1n) is 9.35. The van der Waals surface area contributed by atoms with Crippen molar-refractivity contribution < 1.29 is 18.3 Å². The highest BCUT2D eigenvalue weighted by Gasteiger charge is 2.32. The van der Waals surface area contributed by atoms with E-state index < -0.39 is 11.6 Å². The van der Waals surface area contributed by atoms with Crippen LogP contribution in [-0.2, 0) is 9.47 Å². The van der Waals surface area contributed by atoms with Crippen LogP contribution in [0.3, 0.4) is 0 Å². The fourth-order valence-corrected chi connectivity index (χ4v) is 3.98. The van der Waals surface area contributed by atoms with Crippen LogP contribution < -0.4 is 0 Å². The average molecular weight is 338 g/mol. The first-order valence-corrected chi connectivity index (χ1v) is 9.35. The zero-order valence-electron chi connectivity index (χ0n) is 14.5. The Morgan fingerprint density at radius 2 is 1.71 bits per heavy atom. The lowest BCUT2D eigenvalue weighted by atomic mass is 9.78. The predicted molar refractivity (Wildman–Crippen MR) is 89.8 cm³/mol. The van der Waals surface area contributed by atoms with E-state index in [0.717, 1.165) is 44.5 Å². The first-order chi connectivity index (χ1) is 11.7. The van der Waals surface area contributed by atoms with Gasteiger partial charge in [0.25, 0.3) is 0 Å². The smallest absolute Gasteiger partial charge is 0.160 e. The summed E-state index contributed by atoms with van der Waals surface area (Å²) in [6, 6.07) is 4.31. The zero-order chi connectivity index (χ0) is 16.9. The molecule has 134 valence electrons. The zero-order valence-corrected chi connectivity index (χ0v) is 14.5. The maximum atomic E-state index is 13.4. The third kappa shape index (κ3) is 4.34. The molecule has 1 saturated heterocycles. The normalized spacial score (nSPS) is 31.1. The van der Waals surface area contributed by atoms with E-state index in [9.17, 15) is 8.78 Å². The third-order valence-electron chi connectivity index (χ3n) is 5.53. The molecule has 0 N–H and O–H groups in total. The molecule has 0 radical (unpaired) electrons. The van der Waals surface area contributed by atoms with Crippen molar-refractivity contribution in [2.75, 3.05) is 13.2 Å². The van der Waals surface area contributed by atoms with Crippen LogP contribution in [0.2, 0.25) is 0 Å². The lowest BCUT2D eigenvalue weighted by Crippen LogP contribution is -2.38. The lowest BCUT2D eigenvalue weighted by molar-refractivity contribution is -0.229. The van der Waals surface area contributed by atoms with Crippen molar-refractivity contribution in [1.82, 2.24) is 0 Å². The molecule has 0 bridgehead atoms. The third-order valence-corrected chi connectivity index (χ3v) is 5.53. The van der Waals surface area contributed by atoms with E-state index in [0.29, 0.717) is 17.8 Å². The molecule has 2 fully saturated rings. The van der Waals surface area contributed by atoms with Crippen molar-refractivity contribution in [3.05, 3.63) is 35.4 Å². The van der Waals surface area contributed by atoms with Crippen LogP contribution in [-0.4, -0.2) is 19.5 Å². The first kappa shape index (κ1) is 17.8. The highest BCUT2D eigenvalue weighted by molar-refractivity contribution is 5.22. The van der Waals surface area contributed by atoms with Crippen molar-refractivity contribution in [3.63, 3.8) is 0 Å². The summed E-state index contributed by atoms with van der Waals surface area (Å²) in [5, 5.41) is 0. The molecular weight excluding hydrogens is 310 g/mol. The molecule has 24 heavy (non-hydrogen) atoms. The minimum absolute atomic E-state index is 0.0752. The van der Waals surface area contributed by atoms with Gasteiger partial charge < -0.3 is 9.47 Å². The van der Waals surface area contributed by atoms with Crippen molar-refractivity contribution in [2.45, 2.75) is 64.1 Å². The topological polar surface area (TPSA) is 18.5 Å². The minimum atomic E-state index is -0.769. The van der Waals surface area contributed by atoms with Gasteiger partial charge in [-0.25, -0.2) is 8.78 Å². The summed E-state index contributed by atoms with van der Waals surface area (Å²) in [6.45, 7) is 3.83. The van der Waals surface area contributed by atoms with Crippen molar-refractivity contribution in [2.24, 2.45) is 11.8 Å². The molecule has 0 amide bonds. The van der Waals surface area contributed by atoms with Gasteiger partial charge in [0.15, 0.2) is 17.9 Å². The molecule has 1 aliphatic heterocycles. The quantitative estimate of drug-likeness (QED) is 0.714. The Labute approximate surface area is 143 Å². The van der Waals surface area contributed by atoms with E-state index in [4.69, 9.17) is 9.47 Å². The Bertz CT molecular complexity index is 518. The predicted octanol–water partition coefficient (Wildman–Crippen LogP) is 5.42. The summed E-state index contributed by atoms with van der Waals surface area (Å²) in [5.41, 5.74) is 0.914. The highest BCUT2D eigenvalue weighted by atomic mass is 19.2. The summed E-state index contributed by atoms with van der Waals surface area (Å²) in [5.74, 6) is -0.226. The molecular formula is C20H28F2O2. The van der Waals surface area contributed by atoms with E-state index in [1.54, 1.807) is 6.07 Å². The number of hydrogen-bond donors (Lipinski definition) is 0. The van der Waals surface area contributed by atoms with E-state index in [1.807, 2.05) is 0 Å². The van der Waals surface area contributed by atoms with Gasteiger partial charge in [0.2, 0.25) is 0 Å². The molecule has 1 saturated carbocycles. The SMILES string of the molecule is CCCCC1COC(C2CCC(c3ccc(F)c(F)c3)CC2)OC1. The summed E-state index contributed by atoms with van der Waals surface area (Å²) < 4.78 is 38.4. The second kappa shape index (κ2) is 8.39. The molecule has 0 spiro atoms. The Hall–Kier alpha value is -1.00. The number of halogens is 2. The van der Waals surface area contributed by atoms with Gasteiger partial charge in [-0.3, -0.25) is 0 Å². The Morgan fingerprint density at radius 1 is 1.00 bits per heavy atom. The molecule has 0 unspecified atom stereocenters. The molecule has 2 nitrogen and oxygen atoms in total. The largest absolute Gasteiger partial charge is 0.352 e. The van der Waals surface area contributed by atoms with Gasteiger partial charge in [-0.05, 0) is 55.7 Å². The Balaban J connectivity index is 1.46. The van der Waals surface area contributed by atoms with Gasteiger partial charge >= 0.3 is 0 Å². The number of ether oxygens (including phenoxy) is 2. The second-order valence-electron chi connectivity index (χ2n) is 7.33. The van der Waals surface area contributed by atoms with E-state index in [1.165, 1.54) is 31.4 Å². The van der Waals surface area contributed by atoms with Crippen LogP contribution >= 0.6 is 0 Å². The van der Waals surface area contributed by atoms with Crippen LogP contribution in [0.25, 0.3) is 0 Å². The molecule has 1 aromatic carbocycles. The van der Waals surface area contributed by atoms with Gasteiger partial charge in [-0.1, -0.05) is 25.8 Å². The molecule has 1 aromatic rings. The number of benzene rings is 1. The van der Waals surface area contributed by atoms with Crippen LogP contribution in [0.15, 0.2) is 18.2 Å². The van der Waals surface area contributed by atoms with Crippen LogP contribution in [0, 0.1) is 23.5 Å². The summed E-state index contributed by atoms with van der Waals surface area (Å²) in [6.07, 6.45) is 7.58. The minimum Gasteiger partial charge on any atom is -0.352 e. The molecule has 0 atom stereocenters. The second-order valence-corrected chi connectivity index (χ2v) is 7.33. The lowest BCUT2D eigenvalue weighted by Gasteiger charge is -2.37. The molecule has 3 rings (SSSR count). The maximum absolute atomic E-state index is 13.4. The van der Waals surface area contributed by atoms with E-state index >= 15 is 0 Å². The van der Waals surface area contributed by atoms with Gasteiger partial charge in [0, 0.05) is 11.8 Å². The summed E-state index contributed by atoms with van der Waals surface area (Å²) in [7, 11) is 0. The highest BCUT2D eigenvalue weighted by Crippen LogP contribution is 2.39. The van der Waals surface area contributed by atoms with Crippen LogP contribution in [0.1, 0.15) is 63.4 Å². The van der Waals surface area contributed by atoms with Crippen molar-refractivity contribution in [3.8, 4) is 0 Å². The molecule has 4 heteroatoms. The Kier molecular flexibility index (Phi) is 6.23. The maximum Gasteiger partial charge on any atom is 0.160 e. The number of hydrogen-bond acceptors (Lipinski definition) is 2. The van der Waals surface area contributed by atoms with Crippen molar-refractivity contribution in [1.29, 1.82) is 0 Å². The standard InChI is InChI=1S/C20H28F2O2/c1-2-3-4-14-12-23-20(24-13-14)16-7-5-15(6-8-16)17-9-10-18(21)19(22)11-17/h9-11,14-16,20H,2-8,12-13H2,1H3. The number of rotatable bonds is 5. The molecule has 0 aromatic heterocycles. The van der Waals surface area contributed by atoms with Gasteiger partial charge in [0.1, 0.15) is 0 Å². The summed E-state index contributed by atoms with van der Waals surface area (Å²) >= 11 is 0. The summed E-state index contributed by atoms with van der Waals surface area (Å²) in [4.78, 5) is 0. The van der Waals surface area contributed by atoms with Gasteiger partial charge in [0.05, 0.1) is 13.2 Å². The fraction of sp³-hybridized carbons (Fsp3) is 0.700. The van der Waals surface area contributed by atoms with E-state index in [-0.39, 0.29) is 6.29 Å². The monoisotopic (exact) mass is 338 g/mol. The number of unbranched alkanes of at least 4 members (excludes halogenated alkanes) is 1. The van der Waals surface area contributed by atoms with Gasteiger partial charge in [-0.2, -0.15) is 0 Å². The van der Waals surface area contributed by atoms with Crippen LogP contribution in [0.5, 0.6) is 0 Å².